The van der Waals surface area contributed by atoms with Gasteiger partial charge in [-0.2, -0.15) is 0 Å². The molecule has 10 rings (SSSR count). The van der Waals surface area contributed by atoms with Gasteiger partial charge < -0.3 is 35.0 Å². The normalized spacial score (nSPS) is 17.7. The Labute approximate surface area is 359 Å². The molecule has 8 aromatic carbocycles. The number of phenolic OH excluding ortho intramolecular Hbond substituents is 3. The fourth-order valence-corrected chi connectivity index (χ4v) is 13.2. The maximum absolute atomic E-state index is 14.7. The summed E-state index contributed by atoms with van der Waals surface area (Å²) in [4.78, 5) is 0. The van der Waals surface area contributed by atoms with E-state index in [1.54, 1.807) is 78.9 Å². The second kappa shape index (κ2) is 16.7. The number of anilines is 2. The maximum atomic E-state index is 14.7. The molecule has 5 N–H and O–H groups in total. The van der Waals surface area contributed by atoms with E-state index in [1.807, 2.05) is 122 Å². The monoisotopic (exact) mass is 856 g/mol. The molecule has 2 aliphatic rings. The summed E-state index contributed by atoms with van der Waals surface area (Å²) >= 11 is 0. The molecule has 0 saturated heterocycles. The molecule has 0 amide bonds. The first-order valence-corrected chi connectivity index (χ1v) is 23.4. The highest BCUT2D eigenvalue weighted by atomic mass is 31.2. The standard InChI is InChI=1S/C26H22NO3P.C25H20NO4P/c1-18-10-14-20(15-11-18)27-26(19-12-16-21(28)17-13-19)31(29)25-9-5-3-7-23(25)22-6-2-4-8-24(22)30-31;27-18-15-13-17(14-16-18)26-25(21-9-1-4-10-22(21)28)31(29)24-12-6-3-8-20(24)19-7-2-5-11-23(19)30-31/h2-17,26-28H,1H3;1-16,25-28H. The van der Waals surface area contributed by atoms with Crippen LogP contribution in [0.3, 0.4) is 0 Å². The molecule has 0 spiro atoms. The van der Waals surface area contributed by atoms with E-state index in [2.05, 4.69) is 10.6 Å². The van der Waals surface area contributed by atoms with Gasteiger partial charge in [0.2, 0.25) is 0 Å². The summed E-state index contributed by atoms with van der Waals surface area (Å²) in [6, 6.07) is 58.5. The smallest absolute Gasteiger partial charge is 0.304 e. The Hall–Kier alpha value is -7.18. The van der Waals surface area contributed by atoms with E-state index in [0.717, 1.165) is 39.1 Å². The summed E-state index contributed by atoms with van der Waals surface area (Å²) in [5.41, 5.74) is 7.45. The van der Waals surface area contributed by atoms with Crippen molar-refractivity contribution < 1.29 is 33.5 Å². The van der Waals surface area contributed by atoms with E-state index in [0.29, 0.717) is 33.4 Å². The maximum Gasteiger partial charge on any atom is 0.304 e. The average molecular weight is 857 g/mol. The first-order chi connectivity index (χ1) is 30.1. The highest BCUT2D eigenvalue weighted by Gasteiger charge is 2.46. The molecule has 0 bridgehead atoms. The largest absolute Gasteiger partial charge is 0.508 e. The number of aryl methyl sites for hydroxylation is 1. The average Bonchev–Trinajstić information content (AvgIpc) is 3.30. The van der Waals surface area contributed by atoms with Crippen LogP contribution in [0.5, 0.6) is 28.7 Å². The van der Waals surface area contributed by atoms with Crippen molar-refractivity contribution in [3.8, 4) is 51.0 Å². The topological polar surface area (TPSA) is 137 Å². The summed E-state index contributed by atoms with van der Waals surface area (Å²) in [5, 5.41) is 38.1. The molecule has 0 saturated carbocycles. The lowest BCUT2D eigenvalue weighted by Gasteiger charge is -2.35. The van der Waals surface area contributed by atoms with Crippen LogP contribution in [-0.4, -0.2) is 15.3 Å². The zero-order valence-electron chi connectivity index (χ0n) is 33.5. The van der Waals surface area contributed by atoms with Crippen molar-refractivity contribution >= 4 is 36.7 Å². The van der Waals surface area contributed by atoms with Gasteiger partial charge in [0.05, 0.1) is 10.6 Å². The number of fused-ring (bicyclic) bond motifs is 6. The fourth-order valence-electron chi connectivity index (χ4n) is 7.87. The second-order valence-electron chi connectivity index (χ2n) is 15.1. The third-order valence-corrected chi connectivity index (χ3v) is 16.2. The van der Waals surface area contributed by atoms with Crippen LogP contribution in [-0.2, 0) is 9.13 Å². The van der Waals surface area contributed by atoms with E-state index in [-0.39, 0.29) is 17.2 Å². The number of rotatable bonds is 8. The van der Waals surface area contributed by atoms with Crippen molar-refractivity contribution in [3.05, 3.63) is 211 Å². The molecular formula is C51H42N2O7P2. The molecule has 62 heavy (non-hydrogen) atoms. The molecule has 4 unspecified atom stereocenters. The minimum absolute atomic E-state index is 0.0222. The summed E-state index contributed by atoms with van der Waals surface area (Å²) in [6.45, 7) is 2.03. The number of para-hydroxylation sites is 3. The van der Waals surface area contributed by atoms with Gasteiger partial charge in [0.25, 0.3) is 0 Å². The van der Waals surface area contributed by atoms with Gasteiger partial charge in [-0.3, -0.25) is 9.13 Å². The molecule has 9 nitrogen and oxygen atoms in total. The summed E-state index contributed by atoms with van der Waals surface area (Å²) in [6.07, 6.45) is 0. The number of hydrogen-bond donors (Lipinski definition) is 5. The summed E-state index contributed by atoms with van der Waals surface area (Å²) in [5.74, 6) is -0.0283. The van der Waals surface area contributed by atoms with Crippen molar-refractivity contribution in [3.63, 3.8) is 0 Å². The van der Waals surface area contributed by atoms with Gasteiger partial charge in [-0.05, 0) is 102 Å². The molecular weight excluding hydrogens is 815 g/mol. The van der Waals surface area contributed by atoms with Crippen molar-refractivity contribution in [2.75, 3.05) is 10.6 Å². The van der Waals surface area contributed by atoms with Crippen LogP contribution in [0.1, 0.15) is 28.3 Å². The Balaban J connectivity index is 0.000000158. The Bertz CT molecular complexity index is 2990. The van der Waals surface area contributed by atoms with Gasteiger partial charge in [0.15, 0.2) is 0 Å². The lowest BCUT2D eigenvalue weighted by molar-refractivity contribution is 0.458. The lowest BCUT2D eigenvalue weighted by atomic mass is 10.0. The molecule has 308 valence electrons. The van der Waals surface area contributed by atoms with Gasteiger partial charge in [-0.15, -0.1) is 0 Å². The zero-order valence-corrected chi connectivity index (χ0v) is 35.3. The molecule has 0 aromatic heterocycles. The Kier molecular flexibility index (Phi) is 10.8. The lowest BCUT2D eigenvalue weighted by Crippen LogP contribution is -2.26. The van der Waals surface area contributed by atoms with E-state index in [9.17, 15) is 24.4 Å². The quantitative estimate of drug-likeness (QED) is 0.0747. The van der Waals surface area contributed by atoms with Gasteiger partial charge in [-0.1, -0.05) is 121 Å². The number of benzene rings is 8. The Morgan fingerprint density at radius 2 is 0.839 bits per heavy atom. The first kappa shape index (κ1) is 40.2. The van der Waals surface area contributed by atoms with Gasteiger partial charge in [0.1, 0.15) is 40.3 Å². The van der Waals surface area contributed by atoms with Crippen molar-refractivity contribution in [2.45, 2.75) is 18.5 Å². The molecule has 2 aliphatic heterocycles. The van der Waals surface area contributed by atoms with Gasteiger partial charge >= 0.3 is 14.7 Å². The van der Waals surface area contributed by atoms with Gasteiger partial charge in [-0.25, -0.2) is 0 Å². The molecule has 4 atom stereocenters. The van der Waals surface area contributed by atoms with Crippen LogP contribution in [0.4, 0.5) is 11.4 Å². The molecule has 8 aromatic rings. The van der Waals surface area contributed by atoms with E-state index in [4.69, 9.17) is 9.05 Å². The Morgan fingerprint density at radius 1 is 0.435 bits per heavy atom. The fraction of sp³-hybridized carbons (Fsp3) is 0.0588. The number of aromatic hydroxyl groups is 3. The number of nitrogens with one attached hydrogen (secondary N) is 2. The van der Waals surface area contributed by atoms with E-state index < -0.39 is 26.3 Å². The van der Waals surface area contributed by atoms with Crippen LogP contribution in [0.25, 0.3) is 22.3 Å². The summed E-state index contributed by atoms with van der Waals surface area (Å²) in [7, 11) is -7.06. The second-order valence-corrected chi connectivity index (χ2v) is 19.8. The molecule has 2 heterocycles. The zero-order chi connectivity index (χ0) is 42.8. The molecule has 0 aliphatic carbocycles. The molecule has 0 fully saturated rings. The predicted molar refractivity (Wildman–Crippen MR) is 248 cm³/mol. The van der Waals surface area contributed by atoms with Crippen molar-refractivity contribution in [1.82, 2.24) is 0 Å². The third kappa shape index (κ3) is 7.69. The first-order valence-electron chi connectivity index (χ1n) is 20.0. The number of hydrogen-bond acceptors (Lipinski definition) is 9. The number of phenols is 3. The molecule has 0 radical (unpaired) electrons. The highest BCUT2D eigenvalue weighted by molar-refractivity contribution is 7.68. The minimum atomic E-state index is -3.61. The third-order valence-electron chi connectivity index (χ3n) is 10.9. The van der Waals surface area contributed by atoms with Crippen LogP contribution < -0.4 is 30.3 Å². The van der Waals surface area contributed by atoms with Crippen molar-refractivity contribution in [1.29, 1.82) is 0 Å². The van der Waals surface area contributed by atoms with Crippen LogP contribution in [0, 0.1) is 6.92 Å². The minimum Gasteiger partial charge on any atom is -0.508 e. The predicted octanol–water partition coefficient (Wildman–Crippen LogP) is 12.3. The Morgan fingerprint density at radius 3 is 1.37 bits per heavy atom. The van der Waals surface area contributed by atoms with E-state index >= 15 is 0 Å². The van der Waals surface area contributed by atoms with Crippen LogP contribution >= 0.6 is 14.7 Å². The van der Waals surface area contributed by atoms with Crippen molar-refractivity contribution in [2.24, 2.45) is 0 Å². The van der Waals surface area contributed by atoms with E-state index in [1.165, 1.54) is 0 Å². The van der Waals surface area contributed by atoms with Crippen LogP contribution in [0.2, 0.25) is 0 Å². The SMILES string of the molecule is Cc1ccc(NC(c2ccc(O)cc2)P2(=O)Oc3ccccc3-c3ccccc32)cc1.O=P1(C(Nc2ccc(O)cc2)c2ccccc2O)Oc2ccccc2-c2ccccc21. The van der Waals surface area contributed by atoms with Gasteiger partial charge in [0, 0.05) is 28.1 Å². The van der Waals surface area contributed by atoms with Crippen LogP contribution in [0.15, 0.2) is 194 Å². The summed E-state index contributed by atoms with van der Waals surface area (Å²) < 4.78 is 42.0. The highest BCUT2D eigenvalue weighted by Crippen LogP contribution is 2.65. The molecule has 11 heteroatoms.